The van der Waals surface area contributed by atoms with Crippen LogP contribution in [0, 0.1) is 0 Å². The van der Waals surface area contributed by atoms with Crippen LogP contribution in [0.3, 0.4) is 0 Å². The standard InChI is InChI=1S/C18H26O2/c19-17-12-18(20)16(14-9-5-2-6-10-14)11-15(17)13-7-3-1-4-8-13/h11-14,19-20H,1-10H2. The van der Waals surface area contributed by atoms with Gasteiger partial charge in [-0.25, -0.2) is 0 Å². The predicted octanol–water partition coefficient (Wildman–Crippen LogP) is 5.19. The minimum atomic E-state index is 0.300. The summed E-state index contributed by atoms with van der Waals surface area (Å²) in [6.07, 6.45) is 12.5. The van der Waals surface area contributed by atoms with Crippen molar-refractivity contribution >= 4 is 0 Å². The quantitative estimate of drug-likeness (QED) is 0.778. The summed E-state index contributed by atoms with van der Waals surface area (Å²) in [7, 11) is 0. The molecule has 2 heteroatoms. The van der Waals surface area contributed by atoms with Crippen molar-refractivity contribution in [3.63, 3.8) is 0 Å². The Morgan fingerprint density at radius 1 is 0.600 bits per heavy atom. The fraction of sp³-hybridized carbons (Fsp3) is 0.667. The third-order valence-electron chi connectivity index (χ3n) is 5.27. The summed E-state index contributed by atoms with van der Waals surface area (Å²) in [6, 6.07) is 3.71. The Morgan fingerprint density at radius 3 is 1.40 bits per heavy atom. The Kier molecular flexibility index (Phi) is 4.18. The van der Waals surface area contributed by atoms with Gasteiger partial charge < -0.3 is 10.2 Å². The van der Waals surface area contributed by atoms with Crippen LogP contribution in [0.4, 0.5) is 0 Å². The molecule has 2 aliphatic carbocycles. The number of phenols is 2. The molecule has 0 saturated heterocycles. The largest absolute Gasteiger partial charge is 0.508 e. The molecule has 0 aromatic heterocycles. The van der Waals surface area contributed by atoms with Gasteiger partial charge in [-0.15, -0.1) is 0 Å². The lowest BCUT2D eigenvalue weighted by Crippen LogP contribution is -2.08. The molecule has 0 heterocycles. The Balaban J connectivity index is 1.89. The molecule has 110 valence electrons. The Bertz CT molecular complexity index is 415. The zero-order valence-electron chi connectivity index (χ0n) is 12.3. The number of benzene rings is 1. The van der Waals surface area contributed by atoms with Crippen molar-refractivity contribution < 1.29 is 10.2 Å². The maximum absolute atomic E-state index is 10.2. The third-order valence-corrected chi connectivity index (χ3v) is 5.27. The highest BCUT2D eigenvalue weighted by Crippen LogP contribution is 2.44. The Labute approximate surface area is 121 Å². The SMILES string of the molecule is Oc1cc(O)c(C2CCCCC2)cc1C1CCCCC1. The van der Waals surface area contributed by atoms with Crippen molar-refractivity contribution in [3.8, 4) is 11.5 Å². The van der Waals surface area contributed by atoms with Crippen LogP contribution in [0.1, 0.15) is 87.2 Å². The second-order valence-electron chi connectivity index (χ2n) is 6.64. The molecule has 2 N–H and O–H groups in total. The highest BCUT2D eigenvalue weighted by atomic mass is 16.3. The lowest BCUT2D eigenvalue weighted by Gasteiger charge is -2.27. The van der Waals surface area contributed by atoms with Gasteiger partial charge in [0.25, 0.3) is 0 Å². The van der Waals surface area contributed by atoms with E-state index in [0.29, 0.717) is 23.3 Å². The second-order valence-corrected chi connectivity index (χ2v) is 6.64. The molecule has 1 aromatic carbocycles. The van der Waals surface area contributed by atoms with Crippen LogP contribution in [0.25, 0.3) is 0 Å². The molecule has 0 aliphatic heterocycles. The summed E-state index contributed by atoms with van der Waals surface area (Å²) < 4.78 is 0. The summed E-state index contributed by atoms with van der Waals surface area (Å²) in [5.74, 6) is 1.58. The summed E-state index contributed by atoms with van der Waals surface area (Å²) in [5.41, 5.74) is 2.17. The van der Waals surface area contributed by atoms with Gasteiger partial charge in [-0.05, 0) is 54.7 Å². The van der Waals surface area contributed by atoms with E-state index in [1.165, 1.54) is 64.2 Å². The molecular weight excluding hydrogens is 248 g/mol. The molecule has 0 unspecified atom stereocenters. The van der Waals surface area contributed by atoms with Gasteiger partial charge in [0.15, 0.2) is 0 Å². The first-order valence-corrected chi connectivity index (χ1v) is 8.31. The normalized spacial score (nSPS) is 22.0. The molecule has 0 radical (unpaired) electrons. The van der Waals surface area contributed by atoms with E-state index in [1.807, 2.05) is 0 Å². The van der Waals surface area contributed by atoms with Crippen molar-refractivity contribution in [2.24, 2.45) is 0 Å². The van der Waals surface area contributed by atoms with Crippen molar-refractivity contribution in [2.75, 3.05) is 0 Å². The third kappa shape index (κ3) is 2.79. The van der Waals surface area contributed by atoms with Crippen LogP contribution < -0.4 is 0 Å². The lowest BCUT2D eigenvalue weighted by molar-refractivity contribution is 0.394. The topological polar surface area (TPSA) is 40.5 Å². The van der Waals surface area contributed by atoms with Crippen LogP contribution in [0.2, 0.25) is 0 Å². The fourth-order valence-electron chi connectivity index (χ4n) is 4.09. The minimum absolute atomic E-state index is 0.300. The van der Waals surface area contributed by atoms with Crippen molar-refractivity contribution in [1.29, 1.82) is 0 Å². The monoisotopic (exact) mass is 274 g/mol. The first kappa shape index (κ1) is 13.8. The van der Waals surface area contributed by atoms with E-state index >= 15 is 0 Å². The van der Waals surface area contributed by atoms with E-state index in [-0.39, 0.29) is 0 Å². The van der Waals surface area contributed by atoms with E-state index in [1.54, 1.807) is 6.07 Å². The first-order valence-electron chi connectivity index (χ1n) is 8.31. The number of hydrogen-bond acceptors (Lipinski definition) is 2. The molecule has 1 aromatic rings. The van der Waals surface area contributed by atoms with Gasteiger partial charge in [0, 0.05) is 6.07 Å². The molecule has 0 spiro atoms. The van der Waals surface area contributed by atoms with Crippen LogP contribution in [0.5, 0.6) is 11.5 Å². The minimum Gasteiger partial charge on any atom is -0.508 e. The molecular formula is C18H26O2. The van der Waals surface area contributed by atoms with E-state index in [9.17, 15) is 10.2 Å². The number of hydrogen-bond donors (Lipinski definition) is 2. The van der Waals surface area contributed by atoms with Crippen LogP contribution >= 0.6 is 0 Å². The van der Waals surface area contributed by atoms with Gasteiger partial charge >= 0.3 is 0 Å². The van der Waals surface area contributed by atoms with Crippen molar-refractivity contribution in [1.82, 2.24) is 0 Å². The van der Waals surface area contributed by atoms with E-state index < -0.39 is 0 Å². The number of phenolic OH excluding ortho intramolecular Hbond substituents is 2. The molecule has 0 atom stereocenters. The van der Waals surface area contributed by atoms with E-state index in [0.717, 1.165) is 11.1 Å². The Hall–Kier alpha value is -1.18. The molecule has 2 aliphatic rings. The lowest BCUT2D eigenvalue weighted by atomic mass is 9.79. The van der Waals surface area contributed by atoms with Crippen LogP contribution in [-0.2, 0) is 0 Å². The van der Waals surface area contributed by atoms with E-state index in [2.05, 4.69) is 6.07 Å². The molecule has 20 heavy (non-hydrogen) atoms. The highest BCUT2D eigenvalue weighted by Gasteiger charge is 2.24. The van der Waals surface area contributed by atoms with Gasteiger partial charge in [0.2, 0.25) is 0 Å². The van der Waals surface area contributed by atoms with Crippen LogP contribution in [-0.4, -0.2) is 10.2 Å². The smallest absolute Gasteiger partial charge is 0.122 e. The van der Waals surface area contributed by atoms with Gasteiger partial charge in [0.05, 0.1) is 0 Å². The van der Waals surface area contributed by atoms with Gasteiger partial charge in [-0.3, -0.25) is 0 Å². The number of rotatable bonds is 2. The molecule has 0 bridgehead atoms. The first-order chi connectivity index (χ1) is 9.75. The van der Waals surface area contributed by atoms with Gasteiger partial charge in [-0.1, -0.05) is 38.5 Å². The molecule has 2 saturated carbocycles. The summed E-state index contributed by atoms with van der Waals surface area (Å²) in [5, 5.41) is 20.4. The average molecular weight is 274 g/mol. The summed E-state index contributed by atoms with van der Waals surface area (Å²) in [6.45, 7) is 0. The Morgan fingerprint density at radius 2 is 1.00 bits per heavy atom. The van der Waals surface area contributed by atoms with Crippen molar-refractivity contribution in [3.05, 3.63) is 23.3 Å². The maximum Gasteiger partial charge on any atom is 0.122 e. The van der Waals surface area contributed by atoms with Gasteiger partial charge in [0.1, 0.15) is 11.5 Å². The maximum atomic E-state index is 10.2. The highest BCUT2D eigenvalue weighted by molar-refractivity contribution is 5.48. The summed E-state index contributed by atoms with van der Waals surface area (Å²) >= 11 is 0. The van der Waals surface area contributed by atoms with E-state index in [4.69, 9.17) is 0 Å². The second kappa shape index (κ2) is 6.07. The average Bonchev–Trinajstić information content (AvgIpc) is 2.49. The molecule has 2 fully saturated rings. The predicted molar refractivity (Wildman–Crippen MR) is 81.4 cm³/mol. The zero-order chi connectivity index (χ0) is 13.9. The molecule has 3 rings (SSSR count). The molecule has 0 amide bonds. The van der Waals surface area contributed by atoms with Crippen LogP contribution in [0.15, 0.2) is 12.1 Å². The van der Waals surface area contributed by atoms with Crippen molar-refractivity contribution in [2.45, 2.75) is 76.0 Å². The number of aromatic hydroxyl groups is 2. The molecule has 2 nitrogen and oxygen atoms in total. The fourth-order valence-corrected chi connectivity index (χ4v) is 4.09. The van der Waals surface area contributed by atoms with Gasteiger partial charge in [-0.2, -0.15) is 0 Å². The summed E-state index contributed by atoms with van der Waals surface area (Å²) in [4.78, 5) is 0. The zero-order valence-corrected chi connectivity index (χ0v) is 12.3.